The van der Waals surface area contributed by atoms with E-state index >= 15 is 0 Å². The number of aromatic nitrogens is 1. The molecule has 0 saturated heterocycles. The fraction of sp³-hybridized carbons (Fsp3) is 0.389. The molecule has 0 saturated carbocycles. The van der Waals surface area contributed by atoms with Gasteiger partial charge in [0.15, 0.2) is 0 Å². The Morgan fingerprint density at radius 1 is 0.672 bits per heavy atom. The van der Waals surface area contributed by atoms with Crippen LogP contribution in [0.2, 0.25) is 0 Å². The van der Waals surface area contributed by atoms with Gasteiger partial charge in [0.1, 0.15) is 0 Å². The average Bonchev–Trinajstić information content (AvgIpc) is 3.91. The zero-order valence-electron chi connectivity index (χ0n) is 39.0. The van der Waals surface area contributed by atoms with Crippen molar-refractivity contribution in [2.75, 3.05) is 0 Å². The number of aliphatic hydroxyl groups is 2. The van der Waals surface area contributed by atoms with Gasteiger partial charge in [0.25, 0.3) is 0 Å². The number of nitrogens with zero attached hydrogens (tertiary/aromatic N) is 3. The quantitative estimate of drug-likeness (QED) is 0.0646. The molecule has 0 aromatic carbocycles. The molecule has 1 aromatic heterocycles. The van der Waals surface area contributed by atoms with E-state index in [4.69, 9.17) is 15.0 Å². The molecule has 10 heteroatoms. The second-order valence-corrected chi connectivity index (χ2v) is 17.5. The summed E-state index contributed by atoms with van der Waals surface area (Å²) in [5, 5.41) is 43.2. The van der Waals surface area contributed by atoms with Gasteiger partial charge in [0, 0.05) is 40.2 Å². The number of hydrogen-bond acceptors (Lipinski definition) is 7. The van der Waals surface area contributed by atoms with E-state index in [1.54, 1.807) is 18.2 Å². The number of carboxylic acids is 2. The summed E-state index contributed by atoms with van der Waals surface area (Å²) in [5.74, 6) is -1.94. The number of aliphatic carboxylic acids is 2. The highest BCUT2D eigenvalue weighted by Gasteiger charge is 2.29. The first-order valence-electron chi connectivity index (χ1n) is 22.5. The fourth-order valence-electron chi connectivity index (χ4n) is 8.45. The highest BCUT2D eigenvalue weighted by atomic mass is 16.4. The van der Waals surface area contributed by atoms with Gasteiger partial charge >= 0.3 is 11.9 Å². The van der Waals surface area contributed by atoms with Crippen LogP contribution in [-0.2, 0) is 9.59 Å². The first-order valence-corrected chi connectivity index (χ1v) is 22.5. The number of nitrogens with one attached hydrogen (secondary N) is 1. The maximum atomic E-state index is 11.9. The van der Waals surface area contributed by atoms with Gasteiger partial charge in [0.2, 0.25) is 0 Å². The molecular formula is C54H66N4O6. The molecule has 0 amide bonds. The van der Waals surface area contributed by atoms with E-state index in [-0.39, 0.29) is 25.7 Å². The number of rotatable bonds is 20. The van der Waals surface area contributed by atoms with Gasteiger partial charge in [-0.15, -0.1) is 0 Å². The summed E-state index contributed by atoms with van der Waals surface area (Å²) in [6, 6.07) is 0. The van der Waals surface area contributed by atoms with Crippen LogP contribution in [0, 0.1) is 6.92 Å². The summed E-state index contributed by atoms with van der Waals surface area (Å²) in [4.78, 5) is 42.0. The van der Waals surface area contributed by atoms with Gasteiger partial charge in [0.05, 0.1) is 46.6 Å². The topological polar surface area (TPSA) is 168 Å². The summed E-state index contributed by atoms with van der Waals surface area (Å²) in [5.41, 5.74) is 14.4. The Labute approximate surface area is 378 Å². The number of H-pyrrole nitrogens is 1. The Morgan fingerprint density at radius 3 is 1.81 bits per heavy atom. The van der Waals surface area contributed by atoms with E-state index in [1.807, 2.05) is 32.9 Å². The van der Waals surface area contributed by atoms with Crippen LogP contribution in [0.1, 0.15) is 137 Å². The lowest BCUT2D eigenvalue weighted by Crippen LogP contribution is -2.20. The van der Waals surface area contributed by atoms with Crippen molar-refractivity contribution in [1.82, 2.24) is 4.98 Å². The maximum Gasteiger partial charge on any atom is 0.303 e. The third kappa shape index (κ3) is 12.5. The number of aromatic amines is 1. The largest absolute Gasteiger partial charge is 0.515 e. The molecule has 5 heterocycles. The van der Waals surface area contributed by atoms with Crippen LogP contribution in [0.3, 0.4) is 0 Å². The molecule has 1 atom stereocenters. The predicted octanol–water partition coefficient (Wildman–Crippen LogP) is 11.0. The van der Waals surface area contributed by atoms with E-state index in [0.717, 1.165) is 83.6 Å². The number of aliphatic hydroxyl groups excluding tert-OH is 2. The van der Waals surface area contributed by atoms with Gasteiger partial charge in [-0.25, -0.2) is 15.0 Å². The minimum absolute atomic E-state index is 0.0983. The lowest BCUT2D eigenvalue weighted by Gasteiger charge is -2.13. The molecule has 0 radical (unpaired) electrons. The standard InChI is InChI=1S/C54H66N4O6/c1-10-39-36(7)44-28-50-54(51(60)22-14-21-35(6)20-13-19-34(5)18-12-17-33(4)16-11-15-32(2)3)38(9)45(57-50)27-43-37(8)40(23-25-52(61)62)47(56-43)30-48-41(24-26-53(63)64)42(31-59)49(58-48)29-46(39)55-44/h10,15,17,19,21,27-31,51,55,59-60H,1,11-14,16,18,20,22-26H2,2-9H3,(H,61,62)(H,63,64). The second-order valence-electron chi connectivity index (χ2n) is 17.5. The summed E-state index contributed by atoms with van der Waals surface area (Å²) >= 11 is 0. The average molecular weight is 867 g/mol. The molecular weight excluding hydrogens is 801 g/mol. The van der Waals surface area contributed by atoms with Crippen LogP contribution in [0.5, 0.6) is 0 Å². The van der Waals surface area contributed by atoms with Crippen molar-refractivity contribution < 1.29 is 30.0 Å². The molecule has 0 aliphatic carbocycles. The lowest BCUT2D eigenvalue weighted by atomic mass is 9.94. The number of aliphatic imine (C=N–C) groups is 3. The molecule has 1 aromatic rings. The molecule has 0 fully saturated rings. The Morgan fingerprint density at radius 2 is 1.23 bits per heavy atom. The summed E-state index contributed by atoms with van der Waals surface area (Å²) < 4.78 is 0. The molecule has 1 unspecified atom stereocenters. The molecule has 10 nitrogen and oxygen atoms in total. The number of fused-ring (bicyclic) bond motifs is 5. The molecule has 4 aliphatic heterocycles. The lowest BCUT2D eigenvalue weighted by molar-refractivity contribution is -0.137. The van der Waals surface area contributed by atoms with Crippen molar-refractivity contribution in [3.05, 3.63) is 144 Å². The van der Waals surface area contributed by atoms with Crippen LogP contribution in [-0.4, -0.2) is 60.6 Å². The molecule has 5 N–H and O–H groups in total. The van der Waals surface area contributed by atoms with Crippen molar-refractivity contribution in [3.63, 3.8) is 0 Å². The van der Waals surface area contributed by atoms with Gasteiger partial charge in [-0.05, 0) is 172 Å². The smallest absolute Gasteiger partial charge is 0.303 e. The van der Waals surface area contributed by atoms with E-state index in [0.29, 0.717) is 63.6 Å². The van der Waals surface area contributed by atoms with Gasteiger partial charge < -0.3 is 25.4 Å². The minimum Gasteiger partial charge on any atom is -0.515 e. The Balaban J connectivity index is 1.47. The summed E-state index contributed by atoms with van der Waals surface area (Å²) in [6.45, 7) is 20.8. The molecule has 64 heavy (non-hydrogen) atoms. The minimum atomic E-state index is -0.993. The van der Waals surface area contributed by atoms with Crippen molar-refractivity contribution in [1.29, 1.82) is 0 Å². The van der Waals surface area contributed by atoms with Crippen molar-refractivity contribution in [2.24, 2.45) is 15.0 Å². The molecule has 338 valence electrons. The van der Waals surface area contributed by atoms with Gasteiger partial charge in [-0.3, -0.25) is 9.59 Å². The van der Waals surface area contributed by atoms with Crippen molar-refractivity contribution in [2.45, 2.75) is 139 Å². The Bertz CT molecular complexity index is 2610. The van der Waals surface area contributed by atoms with Crippen LogP contribution in [0.15, 0.2) is 137 Å². The molecule has 5 rings (SSSR count). The highest BCUT2D eigenvalue weighted by Crippen LogP contribution is 2.37. The number of carboxylic acid groups (broad SMARTS) is 2. The SMILES string of the molecule is C=Cc1c(C)c2[nH]c1=CC1=NC(=C(CCC(=O)O)C1=CO)C=C1N=C(C=C3N=C(C=2)C(C(O)CCC=C(C)CCC=C(C)CCC=C(C)CCC=C(C)C)=C3C)C(C)=C1CCC(=O)O. The summed E-state index contributed by atoms with van der Waals surface area (Å²) in [7, 11) is 0. The van der Waals surface area contributed by atoms with Crippen LogP contribution < -0.4 is 10.7 Å². The van der Waals surface area contributed by atoms with E-state index in [9.17, 15) is 30.0 Å². The highest BCUT2D eigenvalue weighted by molar-refractivity contribution is 6.26. The normalized spacial score (nSPS) is 17.8. The number of hydrogen-bond donors (Lipinski definition) is 5. The predicted molar refractivity (Wildman–Crippen MR) is 263 cm³/mol. The first kappa shape index (κ1) is 48.9. The van der Waals surface area contributed by atoms with Crippen LogP contribution in [0.25, 0.3) is 18.2 Å². The van der Waals surface area contributed by atoms with E-state index in [1.165, 1.54) is 22.3 Å². The van der Waals surface area contributed by atoms with Gasteiger partial charge in [-0.2, -0.15) is 0 Å². The number of allylic oxidation sites excluding steroid dienone is 15. The Hall–Kier alpha value is -6.13. The molecule has 4 aliphatic rings. The van der Waals surface area contributed by atoms with E-state index < -0.39 is 18.0 Å². The summed E-state index contributed by atoms with van der Waals surface area (Å²) in [6.07, 6.45) is 26.0. The third-order valence-corrected chi connectivity index (χ3v) is 12.3. The van der Waals surface area contributed by atoms with Crippen LogP contribution in [0.4, 0.5) is 0 Å². The Kier molecular flexibility index (Phi) is 17.2. The first-order chi connectivity index (χ1) is 30.5. The molecule has 8 bridgehead atoms. The van der Waals surface area contributed by atoms with Crippen molar-refractivity contribution >= 4 is 47.3 Å². The number of carbonyl (C=O) groups is 2. The van der Waals surface area contributed by atoms with Crippen LogP contribution >= 0.6 is 0 Å². The zero-order valence-corrected chi connectivity index (χ0v) is 39.0. The fourth-order valence-corrected chi connectivity index (χ4v) is 8.45. The maximum absolute atomic E-state index is 11.9. The van der Waals surface area contributed by atoms with E-state index in [2.05, 4.69) is 70.5 Å². The molecule has 0 spiro atoms. The second kappa shape index (κ2) is 22.5. The third-order valence-electron chi connectivity index (χ3n) is 12.3. The monoisotopic (exact) mass is 866 g/mol. The van der Waals surface area contributed by atoms with Crippen molar-refractivity contribution in [3.8, 4) is 0 Å². The zero-order chi connectivity index (χ0) is 46.7. The van der Waals surface area contributed by atoms with Gasteiger partial charge in [-0.1, -0.05) is 59.3 Å².